The number of nitrogens with zero attached hydrogens (tertiary/aromatic N) is 2. The fourth-order valence-corrected chi connectivity index (χ4v) is 1.57. The van der Waals surface area contributed by atoms with Crippen LogP contribution < -0.4 is 5.56 Å². The van der Waals surface area contributed by atoms with Crippen molar-refractivity contribution in [1.82, 2.24) is 9.38 Å². The van der Waals surface area contributed by atoms with E-state index in [1.165, 1.54) is 10.6 Å². The van der Waals surface area contributed by atoms with E-state index in [0.717, 1.165) is 5.56 Å². The van der Waals surface area contributed by atoms with Gasteiger partial charge in [-0.25, -0.2) is 4.98 Å². The van der Waals surface area contributed by atoms with E-state index in [0.29, 0.717) is 5.65 Å². The molecule has 2 heterocycles. The number of fused-ring (bicyclic) bond motifs is 1. The van der Waals surface area contributed by atoms with Gasteiger partial charge in [0.15, 0.2) is 0 Å². The number of rotatable bonds is 2. The number of carboxylic acid groups (broad SMARTS) is 1. The highest BCUT2D eigenvalue weighted by molar-refractivity contribution is 5.70. The van der Waals surface area contributed by atoms with Gasteiger partial charge in [-0.05, 0) is 18.6 Å². The van der Waals surface area contributed by atoms with E-state index in [1.807, 2.05) is 13.0 Å². The normalized spacial score (nSPS) is 10.6. The summed E-state index contributed by atoms with van der Waals surface area (Å²) in [6.45, 7) is 1.85. The first-order valence-electron chi connectivity index (χ1n) is 4.77. The minimum absolute atomic E-state index is 0.190. The minimum atomic E-state index is -1.04. The van der Waals surface area contributed by atoms with Crippen molar-refractivity contribution in [2.45, 2.75) is 13.3 Å². The van der Waals surface area contributed by atoms with Crippen molar-refractivity contribution in [2.75, 3.05) is 0 Å². The van der Waals surface area contributed by atoms with Gasteiger partial charge in [-0.15, -0.1) is 0 Å². The molecular formula is C11H10N2O3. The maximum Gasteiger partial charge on any atom is 0.308 e. The van der Waals surface area contributed by atoms with E-state index in [2.05, 4.69) is 4.98 Å². The Morgan fingerprint density at radius 3 is 3.00 bits per heavy atom. The predicted octanol–water partition coefficient (Wildman–Crippen LogP) is 0.630. The average Bonchev–Trinajstić information content (AvgIpc) is 2.23. The first-order valence-corrected chi connectivity index (χ1v) is 4.77. The molecule has 0 aliphatic heterocycles. The van der Waals surface area contributed by atoms with Crippen LogP contribution in [-0.2, 0) is 11.2 Å². The Morgan fingerprint density at radius 1 is 1.56 bits per heavy atom. The van der Waals surface area contributed by atoms with Gasteiger partial charge in [-0.1, -0.05) is 6.07 Å². The van der Waals surface area contributed by atoms with Crippen molar-refractivity contribution >= 4 is 11.6 Å². The van der Waals surface area contributed by atoms with Gasteiger partial charge in [0.25, 0.3) is 5.56 Å². The molecule has 0 aliphatic carbocycles. The highest BCUT2D eigenvalue weighted by Gasteiger charge is 2.09. The van der Waals surface area contributed by atoms with Crippen LogP contribution in [-0.4, -0.2) is 20.5 Å². The van der Waals surface area contributed by atoms with Crippen molar-refractivity contribution in [2.24, 2.45) is 0 Å². The molecule has 0 unspecified atom stereocenters. The van der Waals surface area contributed by atoms with Crippen molar-refractivity contribution in [3.05, 3.63) is 46.0 Å². The largest absolute Gasteiger partial charge is 0.481 e. The van der Waals surface area contributed by atoms with Crippen molar-refractivity contribution in [3.8, 4) is 0 Å². The highest BCUT2D eigenvalue weighted by atomic mass is 16.4. The molecule has 0 radical (unpaired) electrons. The van der Waals surface area contributed by atoms with Crippen LogP contribution in [0.25, 0.3) is 5.65 Å². The molecular weight excluding hydrogens is 208 g/mol. The van der Waals surface area contributed by atoms with Gasteiger partial charge in [0.05, 0.1) is 6.42 Å². The van der Waals surface area contributed by atoms with Crippen LogP contribution in [0.5, 0.6) is 0 Å². The summed E-state index contributed by atoms with van der Waals surface area (Å²) in [5, 5.41) is 8.64. The molecule has 2 aromatic rings. The second-order valence-corrected chi connectivity index (χ2v) is 3.54. The van der Waals surface area contributed by atoms with Gasteiger partial charge >= 0.3 is 5.97 Å². The zero-order valence-electron chi connectivity index (χ0n) is 8.67. The third-order valence-corrected chi connectivity index (χ3v) is 2.34. The average molecular weight is 218 g/mol. The molecule has 0 aliphatic rings. The molecule has 0 spiro atoms. The lowest BCUT2D eigenvalue weighted by Crippen LogP contribution is -2.21. The Kier molecular flexibility index (Phi) is 2.44. The maximum absolute atomic E-state index is 11.9. The van der Waals surface area contributed by atoms with E-state index in [1.54, 1.807) is 12.3 Å². The molecule has 0 atom stereocenters. The standard InChI is InChI=1S/C11H10N2O3/c1-7-3-2-4-13-10(7)12-6-8(11(13)16)5-9(14)15/h2-4,6H,5H2,1H3,(H,14,15). The number of carboxylic acids is 1. The summed E-state index contributed by atoms with van der Waals surface area (Å²) in [7, 11) is 0. The van der Waals surface area contributed by atoms with Crippen LogP contribution in [0.1, 0.15) is 11.1 Å². The number of hydrogen-bond acceptors (Lipinski definition) is 3. The Bertz CT molecular complexity index is 616. The molecule has 0 bridgehead atoms. The third kappa shape index (κ3) is 1.67. The summed E-state index contributed by atoms with van der Waals surface area (Å²) < 4.78 is 1.37. The fraction of sp³-hybridized carbons (Fsp3) is 0.182. The Morgan fingerprint density at radius 2 is 2.31 bits per heavy atom. The molecule has 2 rings (SSSR count). The molecule has 82 valence electrons. The van der Waals surface area contributed by atoms with Crippen LogP contribution in [0, 0.1) is 6.92 Å². The highest BCUT2D eigenvalue weighted by Crippen LogP contribution is 2.04. The Balaban J connectivity index is 2.71. The summed E-state index contributed by atoms with van der Waals surface area (Å²) >= 11 is 0. The van der Waals surface area contributed by atoms with Crippen molar-refractivity contribution < 1.29 is 9.90 Å². The quantitative estimate of drug-likeness (QED) is 0.802. The minimum Gasteiger partial charge on any atom is -0.481 e. The van der Waals surface area contributed by atoms with E-state index in [-0.39, 0.29) is 17.5 Å². The lowest BCUT2D eigenvalue weighted by Gasteiger charge is -2.04. The zero-order chi connectivity index (χ0) is 11.7. The maximum atomic E-state index is 11.9. The van der Waals surface area contributed by atoms with Crippen molar-refractivity contribution in [1.29, 1.82) is 0 Å². The first kappa shape index (κ1) is 10.4. The van der Waals surface area contributed by atoms with Crippen molar-refractivity contribution in [3.63, 3.8) is 0 Å². The molecule has 0 saturated heterocycles. The van der Waals surface area contributed by atoms with Gasteiger partial charge in [0.1, 0.15) is 5.65 Å². The number of pyridine rings is 1. The SMILES string of the molecule is Cc1cccn2c(=O)c(CC(=O)O)cnc12. The molecule has 2 aromatic heterocycles. The molecule has 0 saturated carbocycles. The summed E-state index contributed by atoms with van der Waals surface area (Å²) in [5.41, 5.74) is 1.30. The van der Waals surface area contributed by atoms with Gasteiger partial charge in [-0.2, -0.15) is 0 Å². The lowest BCUT2D eigenvalue weighted by molar-refractivity contribution is -0.136. The monoisotopic (exact) mass is 218 g/mol. The zero-order valence-corrected chi connectivity index (χ0v) is 8.67. The van der Waals surface area contributed by atoms with E-state index in [4.69, 9.17) is 5.11 Å². The van der Waals surface area contributed by atoms with Crippen LogP contribution in [0.2, 0.25) is 0 Å². The van der Waals surface area contributed by atoms with Gasteiger partial charge < -0.3 is 5.11 Å². The Hall–Kier alpha value is -2.17. The second kappa shape index (κ2) is 3.77. The van der Waals surface area contributed by atoms with Crippen LogP contribution in [0.4, 0.5) is 0 Å². The van der Waals surface area contributed by atoms with Crippen LogP contribution in [0.15, 0.2) is 29.3 Å². The molecule has 0 fully saturated rings. The summed E-state index contributed by atoms with van der Waals surface area (Å²) in [6.07, 6.45) is 2.62. The fourth-order valence-electron chi connectivity index (χ4n) is 1.57. The molecule has 1 N–H and O–H groups in total. The second-order valence-electron chi connectivity index (χ2n) is 3.54. The number of aliphatic carboxylic acids is 1. The smallest absolute Gasteiger partial charge is 0.308 e. The van der Waals surface area contributed by atoms with Crippen LogP contribution >= 0.6 is 0 Å². The molecule has 5 nitrogen and oxygen atoms in total. The van der Waals surface area contributed by atoms with Gasteiger partial charge in [0, 0.05) is 18.0 Å². The summed E-state index contributed by atoms with van der Waals surface area (Å²) in [4.78, 5) is 26.5. The predicted molar refractivity (Wildman–Crippen MR) is 57.5 cm³/mol. The third-order valence-electron chi connectivity index (χ3n) is 2.34. The summed E-state index contributed by atoms with van der Waals surface area (Å²) in [5.74, 6) is -1.04. The molecule has 0 amide bonds. The number of carbonyl (C=O) groups is 1. The van der Waals surface area contributed by atoms with E-state index < -0.39 is 5.97 Å². The molecule has 0 aromatic carbocycles. The molecule has 5 heteroatoms. The molecule has 16 heavy (non-hydrogen) atoms. The van der Waals surface area contributed by atoms with Gasteiger partial charge in [-0.3, -0.25) is 14.0 Å². The van der Waals surface area contributed by atoms with E-state index in [9.17, 15) is 9.59 Å². The Labute approximate surface area is 91.0 Å². The topological polar surface area (TPSA) is 71.7 Å². The number of aryl methyl sites for hydroxylation is 1. The number of aromatic nitrogens is 2. The first-order chi connectivity index (χ1) is 7.59. The van der Waals surface area contributed by atoms with E-state index >= 15 is 0 Å². The number of hydrogen-bond donors (Lipinski definition) is 1. The van der Waals surface area contributed by atoms with Crippen LogP contribution in [0.3, 0.4) is 0 Å². The lowest BCUT2D eigenvalue weighted by atomic mass is 10.2. The van der Waals surface area contributed by atoms with Gasteiger partial charge in [0.2, 0.25) is 0 Å². The summed E-state index contributed by atoms with van der Waals surface area (Å²) in [6, 6.07) is 3.58.